The Kier molecular flexibility index (Phi) is 3.25. The average Bonchev–Trinajstić information content (AvgIpc) is 2.92. The summed E-state index contributed by atoms with van der Waals surface area (Å²) in [6.45, 7) is 1.90. The van der Waals surface area contributed by atoms with Gasteiger partial charge in [-0.3, -0.25) is 5.41 Å². The summed E-state index contributed by atoms with van der Waals surface area (Å²) >= 11 is 3.22. The highest BCUT2D eigenvalue weighted by Crippen LogP contribution is 2.41. The first-order valence-electron chi connectivity index (χ1n) is 6.65. The topological polar surface area (TPSA) is 53.1 Å². The molecule has 0 amide bonds. The predicted molar refractivity (Wildman–Crippen MR) is 78.2 cm³/mol. The van der Waals surface area contributed by atoms with Crippen molar-refractivity contribution in [3.8, 4) is 0 Å². The molecule has 1 heterocycles. The SMILES string of the molecule is N=C(N)c1ccc(N2CC3CCCC3C2)c(F)c1Br. The zero-order valence-electron chi connectivity index (χ0n) is 10.6. The molecule has 5 heteroatoms. The first-order valence-corrected chi connectivity index (χ1v) is 7.44. The third-order valence-corrected chi connectivity index (χ3v) is 5.19. The highest BCUT2D eigenvalue weighted by atomic mass is 79.9. The number of halogens is 2. The van der Waals surface area contributed by atoms with Crippen LogP contribution in [-0.2, 0) is 0 Å². The molecule has 1 saturated carbocycles. The number of hydrogen-bond acceptors (Lipinski definition) is 2. The molecule has 2 fully saturated rings. The fourth-order valence-electron chi connectivity index (χ4n) is 3.42. The van der Waals surface area contributed by atoms with E-state index in [1.165, 1.54) is 19.3 Å². The molecule has 19 heavy (non-hydrogen) atoms. The van der Waals surface area contributed by atoms with E-state index in [4.69, 9.17) is 11.1 Å². The Morgan fingerprint density at radius 3 is 2.53 bits per heavy atom. The molecule has 2 aliphatic rings. The minimum absolute atomic E-state index is 0.115. The fourth-order valence-corrected chi connectivity index (χ4v) is 3.97. The lowest BCUT2D eigenvalue weighted by atomic mass is 10.0. The maximum Gasteiger partial charge on any atom is 0.161 e. The Hall–Kier alpha value is -1.10. The van der Waals surface area contributed by atoms with Gasteiger partial charge < -0.3 is 10.6 Å². The van der Waals surface area contributed by atoms with Gasteiger partial charge >= 0.3 is 0 Å². The van der Waals surface area contributed by atoms with E-state index in [0.29, 0.717) is 15.7 Å². The van der Waals surface area contributed by atoms with E-state index in [0.717, 1.165) is 24.9 Å². The van der Waals surface area contributed by atoms with Gasteiger partial charge in [-0.2, -0.15) is 0 Å². The van der Waals surface area contributed by atoms with Crippen molar-refractivity contribution in [2.45, 2.75) is 19.3 Å². The molecular weight excluding hydrogens is 309 g/mol. The van der Waals surface area contributed by atoms with Crippen LogP contribution in [0.2, 0.25) is 0 Å². The van der Waals surface area contributed by atoms with Gasteiger partial charge in [0, 0.05) is 18.7 Å². The lowest BCUT2D eigenvalue weighted by Gasteiger charge is -2.21. The van der Waals surface area contributed by atoms with E-state index >= 15 is 0 Å². The number of benzene rings is 1. The van der Waals surface area contributed by atoms with Gasteiger partial charge in [0.15, 0.2) is 5.82 Å². The zero-order valence-corrected chi connectivity index (χ0v) is 12.2. The van der Waals surface area contributed by atoms with Crippen LogP contribution in [0.1, 0.15) is 24.8 Å². The zero-order chi connectivity index (χ0) is 13.6. The maximum atomic E-state index is 14.4. The molecule has 1 aromatic rings. The number of hydrogen-bond donors (Lipinski definition) is 2. The Morgan fingerprint density at radius 2 is 1.95 bits per heavy atom. The monoisotopic (exact) mass is 325 g/mol. The Labute approximate surface area is 120 Å². The van der Waals surface area contributed by atoms with Crippen molar-refractivity contribution in [2.75, 3.05) is 18.0 Å². The van der Waals surface area contributed by atoms with Crippen LogP contribution in [0.15, 0.2) is 16.6 Å². The van der Waals surface area contributed by atoms with Gasteiger partial charge in [-0.1, -0.05) is 6.42 Å². The summed E-state index contributed by atoms with van der Waals surface area (Å²) in [6, 6.07) is 3.47. The molecule has 3 rings (SSSR count). The van der Waals surface area contributed by atoms with Crippen LogP contribution in [0.3, 0.4) is 0 Å². The van der Waals surface area contributed by atoms with E-state index in [1.54, 1.807) is 12.1 Å². The smallest absolute Gasteiger partial charge is 0.161 e. The van der Waals surface area contributed by atoms with E-state index in [-0.39, 0.29) is 11.7 Å². The number of nitrogens with one attached hydrogen (secondary N) is 1. The van der Waals surface area contributed by atoms with E-state index in [1.807, 2.05) is 0 Å². The summed E-state index contributed by atoms with van der Waals surface area (Å²) in [4.78, 5) is 2.14. The minimum atomic E-state index is -0.298. The lowest BCUT2D eigenvalue weighted by molar-refractivity contribution is 0.494. The van der Waals surface area contributed by atoms with Crippen LogP contribution in [0.5, 0.6) is 0 Å². The van der Waals surface area contributed by atoms with Crippen LogP contribution in [-0.4, -0.2) is 18.9 Å². The Balaban J connectivity index is 1.90. The van der Waals surface area contributed by atoms with Crippen molar-refractivity contribution >= 4 is 27.5 Å². The van der Waals surface area contributed by atoms with E-state index < -0.39 is 0 Å². The van der Waals surface area contributed by atoms with E-state index in [2.05, 4.69) is 20.8 Å². The molecule has 1 aliphatic carbocycles. The molecule has 0 spiro atoms. The van der Waals surface area contributed by atoms with Gasteiger partial charge in [0.25, 0.3) is 0 Å². The summed E-state index contributed by atoms with van der Waals surface area (Å²) < 4.78 is 14.7. The fraction of sp³-hybridized carbons (Fsp3) is 0.500. The predicted octanol–water partition coefficient (Wildman–Crippen LogP) is 3.11. The normalized spacial score (nSPS) is 25.7. The molecule has 1 aromatic carbocycles. The highest BCUT2D eigenvalue weighted by molar-refractivity contribution is 9.10. The number of anilines is 1. The first kappa shape index (κ1) is 12.9. The van der Waals surface area contributed by atoms with Crippen LogP contribution in [0.4, 0.5) is 10.1 Å². The van der Waals surface area contributed by atoms with Crippen LogP contribution in [0, 0.1) is 23.1 Å². The summed E-state index contributed by atoms with van der Waals surface area (Å²) in [5.41, 5.74) is 6.48. The van der Waals surface area contributed by atoms with E-state index in [9.17, 15) is 4.39 Å². The second kappa shape index (κ2) is 4.78. The van der Waals surface area contributed by atoms with Crippen LogP contribution < -0.4 is 10.6 Å². The Bertz CT molecular complexity index is 520. The summed E-state index contributed by atoms with van der Waals surface area (Å²) in [5, 5.41) is 7.42. The number of fused-ring (bicyclic) bond motifs is 1. The molecule has 102 valence electrons. The van der Waals surface area contributed by atoms with Crippen molar-refractivity contribution in [3.05, 3.63) is 28.0 Å². The highest BCUT2D eigenvalue weighted by Gasteiger charge is 2.37. The molecule has 3 nitrogen and oxygen atoms in total. The number of nitrogens with two attached hydrogens (primary N) is 1. The van der Waals surface area contributed by atoms with Crippen molar-refractivity contribution < 1.29 is 4.39 Å². The summed E-state index contributed by atoms with van der Waals surface area (Å²) in [6.07, 6.45) is 3.86. The second-order valence-electron chi connectivity index (χ2n) is 5.53. The first-order chi connectivity index (χ1) is 9.08. The van der Waals surface area contributed by atoms with Crippen LogP contribution >= 0.6 is 15.9 Å². The quantitative estimate of drug-likeness (QED) is 0.648. The molecule has 0 bridgehead atoms. The molecule has 2 unspecified atom stereocenters. The second-order valence-corrected chi connectivity index (χ2v) is 6.32. The number of amidine groups is 1. The molecule has 0 radical (unpaired) electrons. The minimum Gasteiger partial charge on any atom is -0.384 e. The molecule has 1 saturated heterocycles. The van der Waals surface area contributed by atoms with Crippen molar-refractivity contribution in [1.82, 2.24) is 0 Å². The van der Waals surface area contributed by atoms with Gasteiger partial charge in [0.05, 0.1) is 10.2 Å². The van der Waals surface area contributed by atoms with Gasteiger partial charge in [0.1, 0.15) is 5.84 Å². The molecule has 2 atom stereocenters. The third kappa shape index (κ3) is 2.14. The number of nitrogens with zero attached hydrogens (tertiary/aromatic N) is 1. The number of rotatable bonds is 2. The molecular formula is C14H17BrFN3. The van der Waals surface area contributed by atoms with Crippen molar-refractivity contribution in [1.29, 1.82) is 5.41 Å². The summed E-state index contributed by atoms with van der Waals surface area (Å²) in [5.74, 6) is 1.04. The Morgan fingerprint density at radius 1 is 1.32 bits per heavy atom. The van der Waals surface area contributed by atoms with Gasteiger partial charge in [-0.15, -0.1) is 0 Å². The van der Waals surface area contributed by atoms with Gasteiger partial charge in [-0.05, 0) is 52.7 Å². The van der Waals surface area contributed by atoms with Crippen molar-refractivity contribution in [3.63, 3.8) is 0 Å². The molecule has 0 aromatic heterocycles. The maximum absolute atomic E-state index is 14.4. The third-order valence-electron chi connectivity index (χ3n) is 4.42. The van der Waals surface area contributed by atoms with Gasteiger partial charge in [-0.25, -0.2) is 4.39 Å². The van der Waals surface area contributed by atoms with Crippen molar-refractivity contribution in [2.24, 2.45) is 17.6 Å². The van der Waals surface area contributed by atoms with Crippen LogP contribution in [0.25, 0.3) is 0 Å². The summed E-state index contributed by atoms with van der Waals surface area (Å²) in [7, 11) is 0. The molecule has 1 aliphatic heterocycles. The average molecular weight is 326 g/mol. The molecule has 3 N–H and O–H groups in total. The standard InChI is InChI=1S/C14H17BrFN3/c15-12-10(14(17)18)4-5-11(13(12)16)19-6-8-2-1-3-9(8)7-19/h4-5,8-9H,1-3,6-7H2,(H3,17,18). The largest absolute Gasteiger partial charge is 0.384 e. The number of nitrogen functional groups attached to an aromatic ring is 1. The van der Waals surface area contributed by atoms with Gasteiger partial charge in [0.2, 0.25) is 0 Å². The lowest BCUT2D eigenvalue weighted by Crippen LogP contribution is -2.23.